The Kier molecular flexibility index (Phi) is 10.9. The van der Waals surface area contributed by atoms with Gasteiger partial charge in [-0.2, -0.15) is 5.10 Å². The number of aromatic nitrogens is 3. The molecule has 0 amide bonds. The van der Waals surface area contributed by atoms with E-state index in [-0.39, 0.29) is 12.6 Å². The van der Waals surface area contributed by atoms with E-state index in [0.717, 1.165) is 82.6 Å². The van der Waals surface area contributed by atoms with Gasteiger partial charge in [0.1, 0.15) is 6.61 Å². The van der Waals surface area contributed by atoms with E-state index in [1.807, 2.05) is 19.2 Å². The molecule has 2 N–H and O–H groups in total. The van der Waals surface area contributed by atoms with Crippen molar-refractivity contribution in [3.05, 3.63) is 51.6 Å². The highest BCUT2D eigenvalue weighted by Crippen LogP contribution is 2.44. The van der Waals surface area contributed by atoms with Crippen LogP contribution in [0.3, 0.4) is 0 Å². The number of aliphatic imine (C=N–C) groups is 1. The topological polar surface area (TPSA) is 106 Å². The van der Waals surface area contributed by atoms with E-state index in [0.29, 0.717) is 29.6 Å². The van der Waals surface area contributed by atoms with Gasteiger partial charge >= 0.3 is 5.97 Å². The zero-order chi connectivity index (χ0) is 29.5. The van der Waals surface area contributed by atoms with Crippen LogP contribution in [-0.2, 0) is 58.1 Å². The van der Waals surface area contributed by atoms with Crippen LogP contribution in [0.4, 0.5) is 0 Å². The zero-order valence-electron chi connectivity index (χ0n) is 24.6. The van der Waals surface area contributed by atoms with Gasteiger partial charge < -0.3 is 15.0 Å². The number of rotatable bonds is 14. The number of ether oxygens (including phenoxy) is 1. The number of nitrogens with two attached hydrogens (primary N) is 1. The second kappa shape index (κ2) is 14.4. The van der Waals surface area contributed by atoms with Gasteiger partial charge in [0.2, 0.25) is 0 Å². The molecule has 4 rings (SSSR count). The molecule has 0 aliphatic carbocycles. The van der Waals surface area contributed by atoms with Crippen molar-refractivity contribution in [1.82, 2.24) is 14.3 Å². The molecule has 0 atom stereocenters. The monoisotopic (exact) mass is 601 g/mol. The van der Waals surface area contributed by atoms with E-state index >= 15 is 0 Å². The summed E-state index contributed by atoms with van der Waals surface area (Å²) < 4.78 is 9.50. The van der Waals surface area contributed by atoms with Crippen molar-refractivity contribution in [2.45, 2.75) is 64.9 Å². The predicted octanol–water partition coefficient (Wildman–Crippen LogP) is 5.77. The minimum atomic E-state index is -0.276. The number of aryl methyl sites for hydroxylation is 3. The molecule has 41 heavy (non-hydrogen) atoms. The van der Waals surface area contributed by atoms with Crippen LogP contribution in [0.25, 0.3) is 22.0 Å². The molecular formula is C30H40ClN5O4S. The Morgan fingerprint density at radius 2 is 2.12 bits per heavy atom. The summed E-state index contributed by atoms with van der Waals surface area (Å²) in [6.07, 6.45) is 6.24. The first kappa shape index (κ1) is 31.2. The molecule has 222 valence electrons. The average molecular weight is 602 g/mol. The Bertz CT molecular complexity index is 1460. The lowest BCUT2D eigenvalue weighted by Crippen LogP contribution is -2.05. The second-order valence-electron chi connectivity index (χ2n) is 10.1. The standard InChI is InChI=1S/C30H40ClN5O4S/c1-6-21(33-3)15-20(32)17-41-18-25-29(26-10-7-13-36(26)34-25)28-24(31)12-11-23-22(9-8-14-39-19(2)37)27(16-40-38-5)35(4)30(23)28/h11-12,15H,6-10,13-14,16-18,32H2,1-5H3/b20-15-,33-21?. The summed E-state index contributed by atoms with van der Waals surface area (Å²) in [6, 6.07) is 4.05. The fourth-order valence-electron chi connectivity index (χ4n) is 5.55. The molecule has 0 radical (unpaired) electrons. The number of thioether (sulfide) groups is 1. The fraction of sp³-hybridized carbons (Fsp3) is 0.500. The number of benzene rings is 1. The Morgan fingerprint density at radius 3 is 2.83 bits per heavy atom. The summed E-state index contributed by atoms with van der Waals surface area (Å²) in [6.45, 7) is 5.04. The highest BCUT2D eigenvalue weighted by Gasteiger charge is 2.28. The number of carbonyl (C=O) groups excluding carboxylic acids is 1. The van der Waals surface area contributed by atoms with Crippen molar-refractivity contribution >= 4 is 45.9 Å². The molecule has 11 heteroatoms. The minimum Gasteiger partial charge on any atom is -0.466 e. The Hall–Kier alpha value is -2.79. The molecule has 1 aromatic carbocycles. The van der Waals surface area contributed by atoms with Crippen LogP contribution in [0.1, 0.15) is 55.8 Å². The number of halogens is 1. The first-order valence-corrected chi connectivity index (χ1v) is 15.5. The lowest BCUT2D eigenvalue weighted by Gasteiger charge is -2.12. The van der Waals surface area contributed by atoms with Crippen LogP contribution in [0.2, 0.25) is 5.02 Å². The Morgan fingerprint density at radius 1 is 1.32 bits per heavy atom. The van der Waals surface area contributed by atoms with Crippen molar-refractivity contribution in [2.75, 3.05) is 26.5 Å². The van der Waals surface area contributed by atoms with Crippen molar-refractivity contribution in [2.24, 2.45) is 17.8 Å². The first-order valence-electron chi connectivity index (χ1n) is 14.0. The molecule has 9 nitrogen and oxygen atoms in total. The van der Waals surface area contributed by atoms with E-state index in [1.54, 1.807) is 18.8 Å². The highest BCUT2D eigenvalue weighted by atomic mass is 35.5. The third kappa shape index (κ3) is 6.99. The lowest BCUT2D eigenvalue weighted by molar-refractivity contribution is -0.283. The molecule has 0 bridgehead atoms. The maximum atomic E-state index is 11.3. The van der Waals surface area contributed by atoms with Crippen molar-refractivity contribution in [3.63, 3.8) is 0 Å². The summed E-state index contributed by atoms with van der Waals surface area (Å²) in [7, 11) is 5.34. The number of nitrogens with zero attached hydrogens (tertiary/aromatic N) is 4. The minimum absolute atomic E-state index is 0.276. The smallest absolute Gasteiger partial charge is 0.302 e. The van der Waals surface area contributed by atoms with Gasteiger partial charge in [-0.15, -0.1) is 11.8 Å². The van der Waals surface area contributed by atoms with Gasteiger partial charge in [0, 0.05) is 72.7 Å². The molecule has 3 heterocycles. The van der Waals surface area contributed by atoms with Gasteiger partial charge in [-0.1, -0.05) is 24.6 Å². The van der Waals surface area contributed by atoms with Gasteiger partial charge in [0.15, 0.2) is 0 Å². The number of fused-ring (bicyclic) bond motifs is 2. The molecular weight excluding hydrogens is 562 g/mol. The maximum Gasteiger partial charge on any atom is 0.302 e. The van der Waals surface area contributed by atoms with E-state index < -0.39 is 0 Å². The van der Waals surface area contributed by atoms with Gasteiger partial charge in [0.25, 0.3) is 0 Å². The van der Waals surface area contributed by atoms with Crippen molar-refractivity contribution in [1.29, 1.82) is 0 Å². The largest absolute Gasteiger partial charge is 0.466 e. The lowest BCUT2D eigenvalue weighted by atomic mass is 9.97. The van der Waals surface area contributed by atoms with Gasteiger partial charge in [-0.25, -0.2) is 9.78 Å². The van der Waals surface area contributed by atoms with Crippen LogP contribution in [-0.4, -0.2) is 52.5 Å². The fourth-order valence-corrected chi connectivity index (χ4v) is 6.62. The first-order chi connectivity index (χ1) is 19.8. The van der Waals surface area contributed by atoms with E-state index in [4.69, 9.17) is 36.9 Å². The average Bonchev–Trinajstić information content (AvgIpc) is 3.61. The van der Waals surface area contributed by atoms with E-state index in [9.17, 15) is 4.79 Å². The molecule has 0 saturated carbocycles. The number of hydrogen-bond donors (Lipinski definition) is 1. The Labute approximate surface area is 251 Å². The van der Waals surface area contributed by atoms with Crippen LogP contribution in [0.15, 0.2) is 28.9 Å². The quantitative estimate of drug-likeness (QED) is 0.0822. The molecule has 1 aliphatic heterocycles. The Balaban J connectivity index is 1.76. The molecule has 0 saturated heterocycles. The number of carbonyl (C=O) groups is 1. The van der Waals surface area contributed by atoms with Gasteiger partial charge in [-0.3, -0.25) is 14.5 Å². The maximum absolute atomic E-state index is 11.3. The summed E-state index contributed by atoms with van der Waals surface area (Å²) in [5.41, 5.74) is 15.6. The molecule has 2 aromatic heterocycles. The van der Waals surface area contributed by atoms with Crippen LogP contribution in [0.5, 0.6) is 0 Å². The van der Waals surface area contributed by atoms with Crippen LogP contribution < -0.4 is 5.73 Å². The van der Waals surface area contributed by atoms with Crippen molar-refractivity contribution in [3.8, 4) is 11.1 Å². The van der Waals surface area contributed by atoms with Crippen molar-refractivity contribution < 1.29 is 19.3 Å². The van der Waals surface area contributed by atoms with E-state index in [1.165, 1.54) is 19.7 Å². The normalized spacial score (nSPS) is 13.8. The third-order valence-electron chi connectivity index (χ3n) is 7.40. The number of allylic oxidation sites excluding steroid dienone is 1. The predicted molar refractivity (Wildman–Crippen MR) is 166 cm³/mol. The number of esters is 1. The van der Waals surface area contributed by atoms with Crippen LogP contribution in [0, 0.1) is 0 Å². The summed E-state index contributed by atoms with van der Waals surface area (Å²) in [5.74, 6) is 1.12. The molecule has 3 aromatic rings. The molecule has 0 fully saturated rings. The molecule has 0 unspecified atom stereocenters. The number of hydrogen-bond acceptors (Lipinski definition) is 8. The zero-order valence-corrected chi connectivity index (χ0v) is 26.2. The van der Waals surface area contributed by atoms with Gasteiger partial charge in [0.05, 0.1) is 35.6 Å². The summed E-state index contributed by atoms with van der Waals surface area (Å²) >= 11 is 8.77. The summed E-state index contributed by atoms with van der Waals surface area (Å²) in [4.78, 5) is 26.0. The third-order valence-corrected chi connectivity index (χ3v) is 8.73. The molecule has 0 spiro atoms. The van der Waals surface area contributed by atoms with Gasteiger partial charge in [-0.05, 0) is 49.8 Å². The molecule has 1 aliphatic rings. The van der Waals surface area contributed by atoms with Crippen LogP contribution >= 0.6 is 23.4 Å². The SMILES string of the molecule is CCC(/C=C(\N)CSCc1nn2c(c1-c1c(Cl)ccc3c(CCCOC(C)=O)c(COOC)n(C)c13)CCC2)=NC. The van der Waals surface area contributed by atoms with E-state index in [2.05, 4.69) is 27.2 Å². The highest BCUT2D eigenvalue weighted by molar-refractivity contribution is 7.98. The summed E-state index contributed by atoms with van der Waals surface area (Å²) in [5, 5.41) is 6.82. The second-order valence-corrected chi connectivity index (χ2v) is 11.4.